The van der Waals surface area contributed by atoms with E-state index in [1.54, 1.807) is 43.5 Å². The van der Waals surface area contributed by atoms with E-state index in [1.807, 2.05) is 18.2 Å². The highest BCUT2D eigenvalue weighted by molar-refractivity contribution is 7.88. The van der Waals surface area contributed by atoms with Crippen LogP contribution in [0.5, 0.6) is 5.75 Å². The molecule has 0 spiro atoms. The number of ketones is 1. The van der Waals surface area contributed by atoms with Crippen LogP contribution in [-0.4, -0.2) is 38.2 Å². The number of benzene rings is 2. The molecule has 1 unspecified atom stereocenters. The van der Waals surface area contributed by atoms with Crippen molar-refractivity contribution in [2.75, 3.05) is 13.7 Å². The number of sulfonamides is 1. The number of hydrogen-bond donors (Lipinski definition) is 0. The summed E-state index contributed by atoms with van der Waals surface area (Å²) in [5.41, 5.74) is 1.23. The van der Waals surface area contributed by atoms with Crippen molar-refractivity contribution in [3.63, 3.8) is 0 Å². The average molecular weight is 359 g/mol. The second-order valence-corrected chi connectivity index (χ2v) is 8.02. The van der Waals surface area contributed by atoms with Crippen molar-refractivity contribution >= 4 is 15.8 Å². The molecular weight excluding hydrogens is 338 g/mol. The predicted octanol–water partition coefficient (Wildman–Crippen LogP) is 2.87. The molecule has 1 saturated heterocycles. The van der Waals surface area contributed by atoms with Gasteiger partial charge in [0.05, 0.1) is 18.9 Å². The van der Waals surface area contributed by atoms with Crippen molar-refractivity contribution < 1.29 is 17.9 Å². The van der Waals surface area contributed by atoms with Crippen molar-refractivity contribution in [3.05, 3.63) is 65.7 Å². The van der Waals surface area contributed by atoms with Gasteiger partial charge in [-0.15, -0.1) is 0 Å². The molecule has 1 heterocycles. The molecule has 0 saturated carbocycles. The summed E-state index contributed by atoms with van der Waals surface area (Å²) in [7, 11) is -1.98. The molecular formula is C19H21NO4S. The van der Waals surface area contributed by atoms with Crippen LogP contribution in [0.3, 0.4) is 0 Å². The molecule has 6 heteroatoms. The van der Waals surface area contributed by atoms with Gasteiger partial charge in [-0.1, -0.05) is 30.3 Å². The highest BCUT2D eigenvalue weighted by atomic mass is 32.2. The van der Waals surface area contributed by atoms with Crippen LogP contribution in [0.2, 0.25) is 0 Å². The van der Waals surface area contributed by atoms with Gasteiger partial charge < -0.3 is 4.74 Å². The summed E-state index contributed by atoms with van der Waals surface area (Å²) < 4.78 is 32.1. The van der Waals surface area contributed by atoms with E-state index in [0.29, 0.717) is 30.7 Å². The third kappa shape index (κ3) is 3.91. The van der Waals surface area contributed by atoms with E-state index in [4.69, 9.17) is 4.74 Å². The first-order chi connectivity index (χ1) is 12.0. The van der Waals surface area contributed by atoms with E-state index in [-0.39, 0.29) is 11.5 Å². The molecule has 1 aliphatic rings. The van der Waals surface area contributed by atoms with E-state index < -0.39 is 16.1 Å². The number of ether oxygens (including phenoxy) is 1. The maximum Gasteiger partial charge on any atom is 0.218 e. The van der Waals surface area contributed by atoms with E-state index >= 15 is 0 Å². The number of carbonyl (C=O) groups excluding carboxylic acids is 1. The molecule has 1 fully saturated rings. The van der Waals surface area contributed by atoms with Crippen LogP contribution in [0, 0.1) is 0 Å². The van der Waals surface area contributed by atoms with Gasteiger partial charge in [0.1, 0.15) is 5.75 Å². The summed E-state index contributed by atoms with van der Waals surface area (Å²) >= 11 is 0. The molecule has 3 rings (SSSR count). The first kappa shape index (κ1) is 17.6. The van der Waals surface area contributed by atoms with E-state index in [9.17, 15) is 13.2 Å². The van der Waals surface area contributed by atoms with Gasteiger partial charge in [0.15, 0.2) is 5.78 Å². The van der Waals surface area contributed by atoms with Crippen LogP contribution in [0.15, 0.2) is 54.6 Å². The minimum absolute atomic E-state index is 0.0831. The summed E-state index contributed by atoms with van der Waals surface area (Å²) in [5, 5.41) is 0. The van der Waals surface area contributed by atoms with Crippen LogP contribution in [0.1, 0.15) is 28.8 Å². The number of nitrogens with zero attached hydrogens (tertiary/aromatic N) is 1. The molecule has 0 amide bonds. The molecule has 1 atom stereocenters. The lowest BCUT2D eigenvalue weighted by atomic mass is 10.0. The molecule has 5 nitrogen and oxygen atoms in total. The third-order valence-corrected chi connectivity index (χ3v) is 6.28. The fourth-order valence-electron chi connectivity index (χ4n) is 3.15. The Kier molecular flexibility index (Phi) is 5.20. The Morgan fingerprint density at radius 3 is 2.44 bits per heavy atom. The van der Waals surface area contributed by atoms with Gasteiger partial charge in [-0.3, -0.25) is 4.79 Å². The zero-order valence-electron chi connectivity index (χ0n) is 14.1. The fourth-order valence-corrected chi connectivity index (χ4v) is 4.93. The van der Waals surface area contributed by atoms with Crippen molar-refractivity contribution in [1.29, 1.82) is 0 Å². The molecule has 0 aliphatic carbocycles. The zero-order chi connectivity index (χ0) is 17.9. The van der Waals surface area contributed by atoms with Gasteiger partial charge in [0, 0.05) is 12.1 Å². The maximum atomic E-state index is 12.8. The standard InChI is InChI=1S/C19H21NO4S/c1-24-17-11-9-16(10-12-17)19(21)18-8-5-13-20(18)25(22,23)14-15-6-3-2-4-7-15/h2-4,6-7,9-12,18H,5,8,13-14H2,1H3. The molecule has 0 bridgehead atoms. The lowest BCUT2D eigenvalue weighted by molar-refractivity contribution is 0.0918. The van der Waals surface area contributed by atoms with Crippen LogP contribution >= 0.6 is 0 Å². The fraction of sp³-hybridized carbons (Fsp3) is 0.316. The molecule has 25 heavy (non-hydrogen) atoms. The number of methoxy groups -OCH3 is 1. The Hall–Kier alpha value is -2.18. The minimum Gasteiger partial charge on any atom is -0.497 e. The van der Waals surface area contributed by atoms with Gasteiger partial charge in [0.2, 0.25) is 10.0 Å². The maximum absolute atomic E-state index is 12.8. The smallest absolute Gasteiger partial charge is 0.218 e. The summed E-state index contributed by atoms with van der Waals surface area (Å²) in [5.74, 6) is 0.425. The molecule has 132 valence electrons. The van der Waals surface area contributed by atoms with Gasteiger partial charge in [0.25, 0.3) is 0 Å². The van der Waals surface area contributed by atoms with Crippen molar-refractivity contribution in [1.82, 2.24) is 4.31 Å². The van der Waals surface area contributed by atoms with E-state index in [1.165, 1.54) is 4.31 Å². The van der Waals surface area contributed by atoms with Gasteiger partial charge in [-0.2, -0.15) is 4.31 Å². The largest absolute Gasteiger partial charge is 0.497 e. The summed E-state index contributed by atoms with van der Waals surface area (Å²) in [4.78, 5) is 12.8. The van der Waals surface area contributed by atoms with Crippen molar-refractivity contribution in [2.45, 2.75) is 24.6 Å². The zero-order valence-corrected chi connectivity index (χ0v) is 14.9. The molecule has 2 aromatic carbocycles. The molecule has 0 N–H and O–H groups in total. The monoisotopic (exact) mass is 359 g/mol. The Morgan fingerprint density at radius 2 is 1.80 bits per heavy atom. The molecule has 2 aromatic rings. The Morgan fingerprint density at radius 1 is 1.12 bits per heavy atom. The number of Topliss-reactive ketones (excluding diaryl/α,β-unsaturated/α-hetero) is 1. The lowest BCUT2D eigenvalue weighted by Crippen LogP contribution is -2.41. The average Bonchev–Trinajstić information content (AvgIpc) is 3.12. The summed E-state index contributed by atoms with van der Waals surface area (Å²) in [6, 6.07) is 15.2. The minimum atomic E-state index is -3.54. The Labute approximate surface area is 148 Å². The quantitative estimate of drug-likeness (QED) is 0.744. The number of carbonyl (C=O) groups is 1. The molecule has 0 aromatic heterocycles. The van der Waals surface area contributed by atoms with E-state index in [2.05, 4.69) is 0 Å². The van der Waals surface area contributed by atoms with Gasteiger partial charge in [-0.05, 0) is 42.7 Å². The Balaban J connectivity index is 1.80. The highest BCUT2D eigenvalue weighted by Crippen LogP contribution is 2.27. The number of rotatable bonds is 6. The van der Waals surface area contributed by atoms with Crippen molar-refractivity contribution in [2.24, 2.45) is 0 Å². The second-order valence-electron chi connectivity index (χ2n) is 6.10. The van der Waals surface area contributed by atoms with Crippen LogP contribution < -0.4 is 4.74 Å². The molecule has 0 radical (unpaired) electrons. The normalized spacial score (nSPS) is 18.2. The summed E-state index contributed by atoms with van der Waals surface area (Å²) in [6.07, 6.45) is 1.25. The Bertz CT molecular complexity index is 831. The first-order valence-corrected chi connectivity index (χ1v) is 9.84. The molecule has 1 aliphatic heterocycles. The SMILES string of the molecule is COc1ccc(C(=O)C2CCCN2S(=O)(=O)Cc2ccccc2)cc1. The van der Waals surface area contributed by atoms with Gasteiger partial charge in [-0.25, -0.2) is 8.42 Å². The second kappa shape index (κ2) is 7.37. The van der Waals surface area contributed by atoms with Crippen LogP contribution in [0.4, 0.5) is 0 Å². The topological polar surface area (TPSA) is 63.7 Å². The van der Waals surface area contributed by atoms with E-state index in [0.717, 1.165) is 5.56 Å². The first-order valence-electron chi connectivity index (χ1n) is 8.23. The predicted molar refractivity (Wildman–Crippen MR) is 96.1 cm³/mol. The van der Waals surface area contributed by atoms with Gasteiger partial charge >= 0.3 is 0 Å². The van der Waals surface area contributed by atoms with Crippen LogP contribution in [-0.2, 0) is 15.8 Å². The van der Waals surface area contributed by atoms with Crippen LogP contribution in [0.25, 0.3) is 0 Å². The number of hydrogen-bond acceptors (Lipinski definition) is 4. The summed E-state index contributed by atoms with van der Waals surface area (Å²) in [6.45, 7) is 0.391. The third-order valence-electron chi connectivity index (χ3n) is 4.43. The lowest BCUT2D eigenvalue weighted by Gasteiger charge is -2.23. The van der Waals surface area contributed by atoms with Crippen molar-refractivity contribution in [3.8, 4) is 5.75 Å². The highest BCUT2D eigenvalue weighted by Gasteiger charge is 2.38.